The van der Waals surface area contributed by atoms with Gasteiger partial charge in [0, 0.05) is 25.3 Å². The van der Waals surface area contributed by atoms with Gasteiger partial charge in [0.15, 0.2) is 0 Å². The van der Waals surface area contributed by atoms with Crippen LogP contribution in [0.2, 0.25) is 0 Å². The third-order valence-electron chi connectivity index (χ3n) is 5.39. The van der Waals surface area contributed by atoms with Crippen molar-refractivity contribution < 1.29 is 9.84 Å². The molecule has 18 heavy (non-hydrogen) atoms. The molecule has 0 aromatic rings. The number of fused-ring (bicyclic) bond motifs is 1. The Bertz CT molecular complexity index is 276. The molecule has 0 bridgehead atoms. The lowest BCUT2D eigenvalue weighted by Crippen LogP contribution is -2.61. The van der Waals surface area contributed by atoms with E-state index in [1.807, 2.05) is 0 Å². The molecule has 0 aromatic heterocycles. The van der Waals surface area contributed by atoms with Gasteiger partial charge in [0.2, 0.25) is 0 Å². The van der Waals surface area contributed by atoms with Crippen LogP contribution >= 0.6 is 0 Å². The molecule has 2 saturated carbocycles. The quantitative estimate of drug-likeness (QED) is 0.793. The van der Waals surface area contributed by atoms with Crippen molar-refractivity contribution in [2.45, 2.75) is 75.5 Å². The standard InChI is InChI=1S/C15H27NO2/c17-15-9-2-1-4-12(15)5-3-6-14(15)16-13-7-10-18-11-8-13/h12-14,16-17H,1-11H2/t12-,14?,15-/m1/s1. The highest BCUT2D eigenvalue weighted by Gasteiger charge is 2.47. The number of hydrogen-bond acceptors (Lipinski definition) is 3. The van der Waals surface area contributed by atoms with E-state index in [0.717, 1.165) is 38.9 Å². The molecular formula is C15H27NO2. The molecule has 1 heterocycles. The molecule has 1 aliphatic heterocycles. The minimum atomic E-state index is -0.408. The van der Waals surface area contributed by atoms with Gasteiger partial charge >= 0.3 is 0 Å². The van der Waals surface area contributed by atoms with Crippen molar-refractivity contribution >= 4 is 0 Å². The van der Waals surface area contributed by atoms with Crippen molar-refractivity contribution in [3.8, 4) is 0 Å². The average molecular weight is 253 g/mol. The molecule has 0 spiro atoms. The summed E-state index contributed by atoms with van der Waals surface area (Å²) in [7, 11) is 0. The molecule has 0 amide bonds. The molecule has 0 radical (unpaired) electrons. The predicted octanol–water partition coefficient (Wildman–Crippen LogP) is 2.23. The van der Waals surface area contributed by atoms with E-state index in [4.69, 9.17) is 4.74 Å². The Kier molecular flexibility index (Phi) is 3.92. The molecule has 104 valence electrons. The summed E-state index contributed by atoms with van der Waals surface area (Å²) in [6, 6.07) is 0.896. The molecule has 3 nitrogen and oxygen atoms in total. The Morgan fingerprint density at radius 3 is 2.56 bits per heavy atom. The van der Waals surface area contributed by atoms with Gasteiger partial charge in [-0.1, -0.05) is 19.3 Å². The Balaban J connectivity index is 1.65. The fourth-order valence-electron chi connectivity index (χ4n) is 4.30. The predicted molar refractivity (Wildman–Crippen MR) is 71.5 cm³/mol. The van der Waals surface area contributed by atoms with Crippen LogP contribution in [0.5, 0.6) is 0 Å². The van der Waals surface area contributed by atoms with Crippen LogP contribution in [-0.4, -0.2) is 36.0 Å². The maximum atomic E-state index is 11.1. The van der Waals surface area contributed by atoms with Gasteiger partial charge in [-0.2, -0.15) is 0 Å². The summed E-state index contributed by atoms with van der Waals surface area (Å²) in [4.78, 5) is 0. The second-order valence-corrected chi connectivity index (χ2v) is 6.47. The second kappa shape index (κ2) is 5.48. The number of nitrogens with one attached hydrogen (secondary N) is 1. The summed E-state index contributed by atoms with van der Waals surface area (Å²) in [6.07, 6.45) is 10.7. The van der Waals surface area contributed by atoms with Gasteiger partial charge in [0.1, 0.15) is 0 Å². The number of ether oxygens (including phenoxy) is 1. The van der Waals surface area contributed by atoms with E-state index in [0.29, 0.717) is 18.0 Å². The summed E-state index contributed by atoms with van der Waals surface area (Å²) in [5.74, 6) is 0.553. The van der Waals surface area contributed by atoms with E-state index in [1.54, 1.807) is 0 Å². The van der Waals surface area contributed by atoms with Gasteiger partial charge in [-0.25, -0.2) is 0 Å². The first-order chi connectivity index (χ1) is 8.79. The topological polar surface area (TPSA) is 41.5 Å². The third kappa shape index (κ3) is 2.45. The summed E-state index contributed by atoms with van der Waals surface area (Å²) in [5, 5.41) is 14.9. The van der Waals surface area contributed by atoms with Crippen LogP contribution in [0.1, 0.15) is 57.8 Å². The first kappa shape index (κ1) is 12.9. The summed E-state index contributed by atoms with van der Waals surface area (Å²) in [6.45, 7) is 1.76. The number of aliphatic hydroxyl groups is 1. The monoisotopic (exact) mass is 253 g/mol. The Hall–Kier alpha value is -0.120. The highest BCUT2D eigenvalue weighted by molar-refractivity contribution is 5.02. The molecule has 3 heteroatoms. The van der Waals surface area contributed by atoms with Crippen LogP contribution in [0.4, 0.5) is 0 Å². The van der Waals surface area contributed by atoms with E-state index in [1.165, 1.54) is 32.1 Å². The smallest absolute Gasteiger partial charge is 0.0828 e. The minimum Gasteiger partial charge on any atom is -0.388 e. The molecule has 2 N–H and O–H groups in total. The molecule has 3 fully saturated rings. The number of hydrogen-bond donors (Lipinski definition) is 2. The van der Waals surface area contributed by atoms with E-state index in [2.05, 4.69) is 5.32 Å². The van der Waals surface area contributed by atoms with Gasteiger partial charge in [0.05, 0.1) is 5.60 Å². The lowest BCUT2D eigenvalue weighted by molar-refractivity contribution is -0.103. The summed E-state index contributed by atoms with van der Waals surface area (Å²) < 4.78 is 5.42. The molecule has 3 atom stereocenters. The second-order valence-electron chi connectivity index (χ2n) is 6.47. The van der Waals surface area contributed by atoms with Crippen LogP contribution < -0.4 is 5.32 Å². The maximum absolute atomic E-state index is 11.1. The Morgan fingerprint density at radius 1 is 0.944 bits per heavy atom. The zero-order valence-corrected chi connectivity index (χ0v) is 11.4. The Labute approximate surface area is 110 Å². The molecular weight excluding hydrogens is 226 g/mol. The SMILES string of the molecule is O[C@]12CCCC[C@@H]1CCCC2NC1CCOCC1. The van der Waals surface area contributed by atoms with Gasteiger partial charge in [-0.15, -0.1) is 0 Å². The maximum Gasteiger partial charge on any atom is 0.0828 e. The largest absolute Gasteiger partial charge is 0.388 e. The fourth-order valence-corrected chi connectivity index (χ4v) is 4.30. The third-order valence-corrected chi connectivity index (χ3v) is 5.39. The summed E-state index contributed by atoms with van der Waals surface area (Å²) in [5.41, 5.74) is -0.408. The molecule has 3 aliphatic rings. The van der Waals surface area contributed by atoms with E-state index in [9.17, 15) is 5.11 Å². The van der Waals surface area contributed by atoms with Gasteiger partial charge in [-0.3, -0.25) is 0 Å². The molecule has 2 aliphatic carbocycles. The van der Waals surface area contributed by atoms with Crippen molar-refractivity contribution in [2.24, 2.45) is 5.92 Å². The highest BCUT2D eigenvalue weighted by Crippen LogP contribution is 2.44. The fraction of sp³-hybridized carbons (Fsp3) is 1.00. The van der Waals surface area contributed by atoms with Crippen molar-refractivity contribution in [3.63, 3.8) is 0 Å². The van der Waals surface area contributed by atoms with Crippen molar-refractivity contribution in [3.05, 3.63) is 0 Å². The molecule has 1 saturated heterocycles. The van der Waals surface area contributed by atoms with Crippen LogP contribution in [0.3, 0.4) is 0 Å². The first-order valence-electron chi connectivity index (χ1n) is 7.85. The van der Waals surface area contributed by atoms with Gasteiger partial charge in [-0.05, 0) is 44.4 Å². The highest BCUT2D eigenvalue weighted by atomic mass is 16.5. The van der Waals surface area contributed by atoms with Crippen molar-refractivity contribution in [2.75, 3.05) is 13.2 Å². The van der Waals surface area contributed by atoms with E-state index < -0.39 is 5.60 Å². The zero-order valence-electron chi connectivity index (χ0n) is 11.4. The van der Waals surface area contributed by atoms with Gasteiger partial charge < -0.3 is 15.2 Å². The van der Waals surface area contributed by atoms with Crippen LogP contribution in [0, 0.1) is 5.92 Å². The van der Waals surface area contributed by atoms with Crippen LogP contribution in [-0.2, 0) is 4.74 Å². The minimum absolute atomic E-state index is 0.333. The zero-order chi connectivity index (χ0) is 12.4. The normalized spacial score (nSPS) is 42.5. The van der Waals surface area contributed by atoms with Crippen molar-refractivity contribution in [1.82, 2.24) is 5.32 Å². The molecule has 3 rings (SSSR count). The number of rotatable bonds is 2. The van der Waals surface area contributed by atoms with E-state index in [-0.39, 0.29) is 0 Å². The van der Waals surface area contributed by atoms with Crippen LogP contribution in [0.25, 0.3) is 0 Å². The molecule has 0 aromatic carbocycles. The van der Waals surface area contributed by atoms with Crippen molar-refractivity contribution in [1.29, 1.82) is 0 Å². The Morgan fingerprint density at radius 2 is 1.72 bits per heavy atom. The lowest BCUT2D eigenvalue weighted by atomic mass is 9.64. The first-order valence-corrected chi connectivity index (χ1v) is 7.85. The molecule has 1 unspecified atom stereocenters. The lowest BCUT2D eigenvalue weighted by Gasteiger charge is -2.50. The summed E-state index contributed by atoms with van der Waals surface area (Å²) >= 11 is 0. The average Bonchev–Trinajstić information content (AvgIpc) is 2.41. The van der Waals surface area contributed by atoms with E-state index >= 15 is 0 Å². The van der Waals surface area contributed by atoms with Gasteiger partial charge in [0.25, 0.3) is 0 Å². The van der Waals surface area contributed by atoms with Crippen LogP contribution in [0.15, 0.2) is 0 Å².